The molecule has 4 heterocycles. The number of carbonyl (C=O) groups is 2. The molecule has 11 heteroatoms. The van der Waals surface area contributed by atoms with Gasteiger partial charge in [-0.25, -0.2) is 9.78 Å². The fourth-order valence-electron chi connectivity index (χ4n) is 4.68. The Kier molecular flexibility index (Phi) is 8.34. The quantitative estimate of drug-likeness (QED) is 0.299. The fraction of sp³-hybridized carbons (Fsp3) is 0.500. The molecule has 210 valence electrons. The normalized spacial score (nSPS) is 20.2. The minimum Gasteiger partial charge on any atom is -0.465 e. The zero-order valence-electron chi connectivity index (χ0n) is 23.7. The predicted octanol–water partition coefficient (Wildman–Crippen LogP) is 5.99. The van der Waals surface area contributed by atoms with E-state index in [0.717, 1.165) is 22.3 Å². The SMILES string of the molecule is CCc1cc2nc(C(=O)Nc3cnccc3N3C[C@H](C)[C@H](O[Si](C)(C)C(C)(C)C)[C@H](NC(=O)O)C3)ccc2s1. The van der Waals surface area contributed by atoms with E-state index in [-0.39, 0.29) is 23.0 Å². The summed E-state index contributed by atoms with van der Waals surface area (Å²) >= 11 is 1.69. The molecule has 3 N–H and O–H groups in total. The number of aromatic nitrogens is 2. The maximum atomic E-state index is 13.2. The van der Waals surface area contributed by atoms with Gasteiger partial charge < -0.3 is 25.1 Å². The second kappa shape index (κ2) is 11.2. The van der Waals surface area contributed by atoms with Crippen molar-refractivity contribution in [3.8, 4) is 0 Å². The second-order valence-corrected chi connectivity index (χ2v) is 17.7. The maximum Gasteiger partial charge on any atom is 0.405 e. The molecule has 0 aliphatic carbocycles. The van der Waals surface area contributed by atoms with Gasteiger partial charge in [-0.3, -0.25) is 9.78 Å². The lowest BCUT2D eigenvalue weighted by Crippen LogP contribution is -2.62. The molecule has 0 bridgehead atoms. The molecular formula is C28H39N5O4SSi. The highest BCUT2D eigenvalue weighted by atomic mass is 32.1. The zero-order valence-corrected chi connectivity index (χ0v) is 25.6. The topological polar surface area (TPSA) is 117 Å². The van der Waals surface area contributed by atoms with Gasteiger partial charge in [0.2, 0.25) is 0 Å². The van der Waals surface area contributed by atoms with Gasteiger partial charge in [0.25, 0.3) is 5.91 Å². The van der Waals surface area contributed by atoms with Crippen molar-refractivity contribution in [2.24, 2.45) is 5.92 Å². The first kappa shape index (κ1) is 29.0. The van der Waals surface area contributed by atoms with Gasteiger partial charge in [-0.1, -0.05) is 34.6 Å². The average Bonchev–Trinajstić information content (AvgIpc) is 3.28. The number of fused-ring (bicyclic) bond motifs is 1. The number of thiophene rings is 1. The van der Waals surface area contributed by atoms with E-state index >= 15 is 0 Å². The maximum absolute atomic E-state index is 13.2. The summed E-state index contributed by atoms with van der Waals surface area (Å²) in [6.45, 7) is 16.1. The third-order valence-corrected chi connectivity index (χ3v) is 13.5. The summed E-state index contributed by atoms with van der Waals surface area (Å²) in [6, 6.07) is 7.11. The molecule has 3 aromatic rings. The Labute approximate surface area is 235 Å². The van der Waals surface area contributed by atoms with Crippen LogP contribution in [0.5, 0.6) is 0 Å². The molecule has 0 radical (unpaired) electrons. The van der Waals surface area contributed by atoms with Gasteiger partial charge in [0.05, 0.1) is 39.9 Å². The number of aryl methyl sites for hydroxylation is 1. The number of hydrogen-bond acceptors (Lipinski definition) is 7. The Morgan fingerprint density at radius 2 is 1.97 bits per heavy atom. The van der Waals surface area contributed by atoms with E-state index in [1.54, 1.807) is 29.8 Å². The van der Waals surface area contributed by atoms with Crippen molar-refractivity contribution in [1.82, 2.24) is 15.3 Å². The van der Waals surface area contributed by atoms with Gasteiger partial charge in [-0.15, -0.1) is 11.3 Å². The summed E-state index contributed by atoms with van der Waals surface area (Å²) in [5, 5.41) is 15.3. The number of piperidine rings is 1. The van der Waals surface area contributed by atoms with Crippen molar-refractivity contribution in [3.63, 3.8) is 0 Å². The number of anilines is 2. The highest BCUT2D eigenvalue weighted by Gasteiger charge is 2.45. The van der Waals surface area contributed by atoms with Crippen molar-refractivity contribution in [3.05, 3.63) is 47.2 Å². The van der Waals surface area contributed by atoms with Crippen molar-refractivity contribution in [1.29, 1.82) is 0 Å². The number of nitrogens with one attached hydrogen (secondary N) is 2. The summed E-state index contributed by atoms with van der Waals surface area (Å²) < 4.78 is 7.80. The number of nitrogens with zero attached hydrogens (tertiary/aromatic N) is 3. The van der Waals surface area contributed by atoms with Crippen molar-refractivity contribution in [2.75, 3.05) is 23.3 Å². The Morgan fingerprint density at radius 1 is 1.23 bits per heavy atom. The molecule has 39 heavy (non-hydrogen) atoms. The molecule has 1 saturated heterocycles. The van der Waals surface area contributed by atoms with Crippen LogP contribution in [0.2, 0.25) is 18.1 Å². The number of hydrogen-bond donors (Lipinski definition) is 3. The van der Waals surface area contributed by atoms with Gasteiger partial charge in [-0.2, -0.15) is 0 Å². The highest BCUT2D eigenvalue weighted by Crippen LogP contribution is 2.40. The molecule has 4 rings (SSSR count). The van der Waals surface area contributed by atoms with Crippen molar-refractivity contribution in [2.45, 2.75) is 71.3 Å². The Balaban J connectivity index is 1.57. The Bertz CT molecular complexity index is 1360. The predicted molar refractivity (Wildman–Crippen MR) is 160 cm³/mol. The summed E-state index contributed by atoms with van der Waals surface area (Å²) in [5.74, 6) is -0.281. The lowest BCUT2D eigenvalue weighted by molar-refractivity contribution is 0.0722. The van der Waals surface area contributed by atoms with E-state index in [4.69, 9.17) is 4.43 Å². The zero-order chi connectivity index (χ0) is 28.5. The largest absolute Gasteiger partial charge is 0.465 e. The molecule has 9 nitrogen and oxygen atoms in total. The number of pyridine rings is 2. The number of rotatable bonds is 7. The molecule has 0 aromatic carbocycles. The molecular weight excluding hydrogens is 530 g/mol. The highest BCUT2D eigenvalue weighted by molar-refractivity contribution is 7.19. The van der Waals surface area contributed by atoms with Crippen LogP contribution in [-0.4, -0.2) is 60.6 Å². The first-order chi connectivity index (χ1) is 18.3. The van der Waals surface area contributed by atoms with Crippen LogP contribution in [0, 0.1) is 5.92 Å². The van der Waals surface area contributed by atoms with E-state index in [1.807, 2.05) is 18.2 Å². The minimum absolute atomic E-state index is 0.00163. The molecule has 0 spiro atoms. The number of amides is 2. The van der Waals surface area contributed by atoms with Crippen LogP contribution >= 0.6 is 11.3 Å². The van der Waals surface area contributed by atoms with Crippen LogP contribution in [0.1, 0.15) is 50.0 Å². The van der Waals surface area contributed by atoms with Gasteiger partial charge >= 0.3 is 6.09 Å². The van der Waals surface area contributed by atoms with Crippen LogP contribution in [0.3, 0.4) is 0 Å². The van der Waals surface area contributed by atoms with Crippen molar-refractivity contribution >= 4 is 53.2 Å². The van der Waals surface area contributed by atoms with Crippen LogP contribution in [0.25, 0.3) is 10.2 Å². The van der Waals surface area contributed by atoms with Gasteiger partial charge in [0.15, 0.2) is 8.32 Å². The van der Waals surface area contributed by atoms with E-state index in [9.17, 15) is 14.7 Å². The number of carboxylic acid groups (broad SMARTS) is 1. The van der Waals surface area contributed by atoms with Crippen LogP contribution in [-0.2, 0) is 10.8 Å². The van der Waals surface area contributed by atoms with E-state index in [2.05, 4.69) is 73.2 Å². The van der Waals surface area contributed by atoms with Gasteiger partial charge in [0, 0.05) is 30.1 Å². The van der Waals surface area contributed by atoms with Gasteiger partial charge in [-0.05, 0) is 48.8 Å². The Hall–Kier alpha value is -3.02. The summed E-state index contributed by atoms with van der Waals surface area (Å²) in [6.07, 6.45) is 2.88. The van der Waals surface area contributed by atoms with Gasteiger partial charge in [0.1, 0.15) is 5.69 Å². The fourth-order valence-corrected chi connectivity index (χ4v) is 7.06. The minimum atomic E-state index is -2.14. The molecule has 3 aromatic heterocycles. The average molecular weight is 570 g/mol. The molecule has 0 saturated carbocycles. The summed E-state index contributed by atoms with van der Waals surface area (Å²) in [7, 11) is -2.14. The standard InChI is InChI=1S/C28H39N5O4SSi/c1-8-18-13-20-24(38-18)10-9-19(30-20)26(34)31-21-14-29-12-11-23(21)33-15-17(2)25(22(16-33)32-27(35)36)37-39(6,7)28(3,4)5/h9-14,17,22,25,32H,8,15-16H2,1-7H3,(H,31,34)(H,35,36)/t17-,22+,25-/m0/s1. The molecule has 1 fully saturated rings. The lowest BCUT2D eigenvalue weighted by Gasteiger charge is -2.48. The van der Waals surface area contributed by atoms with E-state index < -0.39 is 20.5 Å². The summed E-state index contributed by atoms with van der Waals surface area (Å²) in [4.78, 5) is 37.1. The van der Waals surface area contributed by atoms with Crippen LogP contribution in [0.15, 0.2) is 36.7 Å². The molecule has 3 atom stereocenters. The first-order valence-electron chi connectivity index (χ1n) is 13.4. The van der Waals surface area contributed by atoms with Crippen LogP contribution < -0.4 is 15.5 Å². The third-order valence-electron chi connectivity index (χ3n) is 7.82. The molecule has 1 aliphatic heterocycles. The Morgan fingerprint density at radius 3 is 2.64 bits per heavy atom. The second-order valence-electron chi connectivity index (χ2n) is 11.8. The summed E-state index contributed by atoms with van der Waals surface area (Å²) in [5.41, 5.74) is 2.47. The van der Waals surface area contributed by atoms with E-state index in [1.165, 1.54) is 4.88 Å². The number of carbonyl (C=O) groups excluding carboxylic acids is 1. The first-order valence-corrected chi connectivity index (χ1v) is 17.1. The van der Waals surface area contributed by atoms with Crippen LogP contribution in [0.4, 0.5) is 16.2 Å². The molecule has 1 aliphatic rings. The smallest absolute Gasteiger partial charge is 0.405 e. The lowest BCUT2D eigenvalue weighted by atomic mass is 9.92. The molecule has 2 amide bonds. The van der Waals surface area contributed by atoms with E-state index in [0.29, 0.717) is 24.5 Å². The third kappa shape index (κ3) is 6.42. The molecule has 0 unspecified atom stereocenters. The monoisotopic (exact) mass is 569 g/mol. The van der Waals surface area contributed by atoms with Crippen molar-refractivity contribution < 1.29 is 19.1 Å².